The Morgan fingerprint density at radius 2 is 1.63 bits per heavy atom. The molecule has 0 saturated carbocycles. The molecule has 1 heterocycles. The first-order valence-corrected chi connectivity index (χ1v) is 8.51. The second kappa shape index (κ2) is 6.93. The molecule has 0 fully saturated rings. The fourth-order valence-corrected chi connectivity index (χ4v) is 3.44. The van der Waals surface area contributed by atoms with Crippen molar-refractivity contribution in [2.45, 2.75) is 5.92 Å². The smallest absolute Gasteiger partial charge is 0.162 e. The minimum Gasteiger partial charge on any atom is -0.493 e. The molecule has 1 aromatic heterocycles. The van der Waals surface area contributed by atoms with Crippen LogP contribution in [0.15, 0.2) is 60.8 Å². The van der Waals surface area contributed by atoms with Gasteiger partial charge in [-0.2, -0.15) is 15.5 Å². The number of fused-ring (bicyclic) bond motifs is 2. The zero-order chi connectivity index (χ0) is 18.8. The van der Waals surface area contributed by atoms with Gasteiger partial charge in [0.15, 0.2) is 11.5 Å². The average molecular weight is 355 g/mol. The second-order valence-electron chi connectivity index (χ2n) is 6.15. The van der Waals surface area contributed by atoms with Gasteiger partial charge in [0.1, 0.15) is 0 Å². The van der Waals surface area contributed by atoms with Crippen molar-refractivity contribution in [2.75, 3.05) is 14.2 Å². The molecule has 0 spiro atoms. The summed E-state index contributed by atoms with van der Waals surface area (Å²) in [6.45, 7) is 0. The summed E-state index contributed by atoms with van der Waals surface area (Å²) in [5.74, 6) is 0.691. The normalized spacial score (nSPS) is 11.9. The molecule has 0 aliphatic heterocycles. The molecule has 1 unspecified atom stereocenters. The highest BCUT2D eigenvalue weighted by atomic mass is 16.5. The summed E-state index contributed by atoms with van der Waals surface area (Å²) < 4.78 is 10.8. The third-order valence-corrected chi connectivity index (χ3v) is 4.75. The number of hydrogen-bond donors (Lipinski definition) is 0. The maximum Gasteiger partial charge on any atom is 0.162 e. The van der Waals surface area contributed by atoms with Gasteiger partial charge in [-0.15, -0.1) is 0 Å². The molecule has 5 heteroatoms. The van der Waals surface area contributed by atoms with Crippen LogP contribution < -0.4 is 9.47 Å². The quantitative estimate of drug-likeness (QED) is 0.541. The topological polar surface area (TPSA) is 68.0 Å². The molecule has 0 aliphatic carbocycles. The van der Waals surface area contributed by atoms with Crippen molar-refractivity contribution >= 4 is 21.7 Å². The summed E-state index contributed by atoms with van der Waals surface area (Å²) >= 11 is 0. The molecular weight excluding hydrogens is 338 g/mol. The van der Waals surface area contributed by atoms with Crippen LogP contribution in [-0.2, 0) is 0 Å². The first kappa shape index (κ1) is 16.8. The minimum atomic E-state index is -0.479. The fraction of sp³-hybridized carbons (Fsp3) is 0.136. The molecule has 0 N–H and O–H groups in total. The Hall–Kier alpha value is -3.65. The van der Waals surface area contributed by atoms with E-state index in [0.29, 0.717) is 17.0 Å². The molecule has 0 bridgehead atoms. The first-order valence-electron chi connectivity index (χ1n) is 8.51. The Bertz CT molecular complexity index is 1180. The van der Waals surface area contributed by atoms with Crippen molar-refractivity contribution in [1.82, 2.24) is 10.2 Å². The number of rotatable bonds is 4. The number of ether oxygens (including phenoxy) is 2. The number of benzene rings is 3. The van der Waals surface area contributed by atoms with E-state index in [1.54, 1.807) is 26.5 Å². The van der Waals surface area contributed by atoms with Crippen molar-refractivity contribution in [2.24, 2.45) is 0 Å². The second-order valence-corrected chi connectivity index (χ2v) is 6.15. The Kier molecular flexibility index (Phi) is 4.31. The monoisotopic (exact) mass is 355 g/mol. The van der Waals surface area contributed by atoms with E-state index >= 15 is 0 Å². The molecule has 27 heavy (non-hydrogen) atoms. The van der Waals surface area contributed by atoms with Crippen molar-refractivity contribution in [3.05, 3.63) is 71.9 Å². The lowest BCUT2D eigenvalue weighted by Crippen LogP contribution is -2.03. The van der Waals surface area contributed by atoms with E-state index in [4.69, 9.17) is 9.47 Å². The summed E-state index contributed by atoms with van der Waals surface area (Å²) in [6, 6.07) is 20.1. The van der Waals surface area contributed by atoms with E-state index in [0.717, 1.165) is 27.3 Å². The van der Waals surface area contributed by atoms with Crippen LogP contribution in [0.25, 0.3) is 21.7 Å². The Morgan fingerprint density at radius 1 is 0.889 bits per heavy atom. The maximum absolute atomic E-state index is 10.0. The summed E-state index contributed by atoms with van der Waals surface area (Å²) in [6.07, 6.45) is 1.66. The van der Waals surface area contributed by atoms with Crippen LogP contribution in [-0.4, -0.2) is 24.4 Å². The van der Waals surface area contributed by atoms with Crippen molar-refractivity contribution in [1.29, 1.82) is 5.26 Å². The lowest BCUT2D eigenvalue weighted by atomic mass is 9.88. The third kappa shape index (κ3) is 2.81. The minimum absolute atomic E-state index is 0.479. The van der Waals surface area contributed by atoms with Crippen LogP contribution in [0.2, 0.25) is 0 Å². The molecule has 132 valence electrons. The van der Waals surface area contributed by atoms with Crippen LogP contribution in [0.3, 0.4) is 0 Å². The molecule has 0 saturated heterocycles. The highest BCUT2D eigenvalue weighted by Crippen LogP contribution is 2.37. The van der Waals surface area contributed by atoms with Crippen LogP contribution in [0.1, 0.15) is 17.0 Å². The zero-order valence-electron chi connectivity index (χ0n) is 15.0. The van der Waals surface area contributed by atoms with Crippen LogP contribution in [0.5, 0.6) is 11.5 Å². The SMILES string of the molecule is COc1cc2nncc(C(C#N)c3cccc4ccccc34)c2cc1OC. The van der Waals surface area contributed by atoms with Gasteiger partial charge in [0.05, 0.1) is 37.9 Å². The predicted octanol–water partition coefficient (Wildman–Crippen LogP) is 4.46. The zero-order valence-corrected chi connectivity index (χ0v) is 15.0. The van der Waals surface area contributed by atoms with Gasteiger partial charge in [-0.3, -0.25) is 0 Å². The van der Waals surface area contributed by atoms with Gasteiger partial charge in [0.25, 0.3) is 0 Å². The highest BCUT2D eigenvalue weighted by Gasteiger charge is 2.21. The van der Waals surface area contributed by atoms with Gasteiger partial charge < -0.3 is 9.47 Å². The van der Waals surface area contributed by atoms with E-state index < -0.39 is 5.92 Å². The van der Waals surface area contributed by atoms with E-state index in [1.165, 1.54) is 0 Å². The highest BCUT2D eigenvalue weighted by molar-refractivity contribution is 5.90. The number of methoxy groups -OCH3 is 2. The third-order valence-electron chi connectivity index (χ3n) is 4.75. The lowest BCUT2D eigenvalue weighted by molar-refractivity contribution is 0.355. The predicted molar refractivity (Wildman–Crippen MR) is 104 cm³/mol. The summed E-state index contributed by atoms with van der Waals surface area (Å²) in [5, 5.41) is 21.3. The number of nitriles is 1. The molecule has 0 amide bonds. The van der Waals surface area contributed by atoms with Crippen molar-refractivity contribution < 1.29 is 9.47 Å². The molecular formula is C22H17N3O2. The number of nitrogens with zero attached hydrogens (tertiary/aromatic N) is 3. The van der Waals surface area contributed by atoms with Gasteiger partial charge >= 0.3 is 0 Å². The maximum atomic E-state index is 10.0. The Balaban J connectivity index is 1.98. The average Bonchev–Trinajstić information content (AvgIpc) is 2.73. The number of hydrogen-bond acceptors (Lipinski definition) is 5. The van der Waals surface area contributed by atoms with Crippen LogP contribution >= 0.6 is 0 Å². The van der Waals surface area contributed by atoms with Crippen molar-refractivity contribution in [3.63, 3.8) is 0 Å². The van der Waals surface area contributed by atoms with E-state index in [9.17, 15) is 5.26 Å². The summed E-state index contributed by atoms with van der Waals surface area (Å²) in [7, 11) is 3.17. The molecule has 5 nitrogen and oxygen atoms in total. The molecule has 4 rings (SSSR count). The van der Waals surface area contributed by atoms with Gasteiger partial charge in [0.2, 0.25) is 0 Å². The molecule has 4 aromatic rings. The van der Waals surface area contributed by atoms with E-state index in [2.05, 4.69) is 16.3 Å². The Morgan fingerprint density at radius 3 is 2.41 bits per heavy atom. The Labute approximate surface area is 156 Å². The lowest BCUT2D eigenvalue weighted by Gasteiger charge is -2.16. The van der Waals surface area contributed by atoms with E-state index in [-0.39, 0.29) is 0 Å². The van der Waals surface area contributed by atoms with Crippen LogP contribution in [0, 0.1) is 11.3 Å². The van der Waals surface area contributed by atoms with E-state index in [1.807, 2.05) is 48.5 Å². The van der Waals surface area contributed by atoms with Crippen molar-refractivity contribution in [3.8, 4) is 17.6 Å². The number of aromatic nitrogens is 2. The largest absolute Gasteiger partial charge is 0.493 e. The van der Waals surface area contributed by atoms with Gasteiger partial charge in [-0.25, -0.2) is 0 Å². The summed E-state index contributed by atoms with van der Waals surface area (Å²) in [4.78, 5) is 0. The van der Waals surface area contributed by atoms with Gasteiger partial charge in [0, 0.05) is 17.0 Å². The fourth-order valence-electron chi connectivity index (χ4n) is 3.44. The molecule has 0 radical (unpaired) electrons. The first-order chi connectivity index (χ1) is 13.3. The van der Waals surface area contributed by atoms with Gasteiger partial charge in [-0.1, -0.05) is 42.5 Å². The molecule has 1 atom stereocenters. The summed E-state index contributed by atoms with van der Waals surface area (Å²) in [5.41, 5.74) is 2.39. The standard InChI is InChI=1S/C22H17N3O2/c1-26-21-10-17-19(13-24-25-20(17)11-22(21)27-2)18(12-23)16-9-5-7-14-6-3-4-8-15(14)16/h3-11,13,18H,1-2H3. The van der Waals surface area contributed by atoms with Crippen LogP contribution in [0.4, 0.5) is 0 Å². The molecule has 0 aliphatic rings. The molecule has 3 aromatic carbocycles. The van der Waals surface area contributed by atoms with Gasteiger partial charge in [-0.05, 0) is 22.4 Å².